The number of ether oxygens (including phenoxy) is 3. The highest BCUT2D eigenvalue weighted by Crippen LogP contribution is 2.56. The van der Waals surface area contributed by atoms with Crippen molar-refractivity contribution < 1.29 is 24.1 Å². The van der Waals surface area contributed by atoms with Gasteiger partial charge in [-0.2, -0.15) is 0 Å². The van der Waals surface area contributed by atoms with Gasteiger partial charge in [0.05, 0.1) is 45.0 Å². The fourth-order valence-corrected chi connectivity index (χ4v) is 7.19. The first-order chi connectivity index (χ1) is 17.9. The van der Waals surface area contributed by atoms with Gasteiger partial charge in [0.1, 0.15) is 11.1 Å². The van der Waals surface area contributed by atoms with Crippen molar-refractivity contribution in [3.8, 4) is 11.5 Å². The fraction of sp³-hybridized carbons (Fsp3) is 0.552. The Morgan fingerprint density at radius 2 is 1.87 bits per heavy atom. The van der Waals surface area contributed by atoms with Crippen LogP contribution >= 0.6 is 0 Å². The molecule has 4 aliphatic carbocycles. The molecule has 9 heteroatoms. The van der Waals surface area contributed by atoms with Crippen LogP contribution in [0.5, 0.6) is 11.5 Å². The minimum Gasteiger partial charge on any atom is -0.493 e. The van der Waals surface area contributed by atoms with Gasteiger partial charge in [0.2, 0.25) is 0 Å². The average molecular weight is 523 g/mol. The van der Waals surface area contributed by atoms with E-state index in [-0.39, 0.29) is 20.1 Å². The number of carbonyl (C=O) groups excluding carboxylic acids is 1. The SMILES string of the molecule is C.CCOC(=O)c1cnc2c(ncn2Cc2ccc(OC)c(OC)c2)c1NC1[C@@H]2CC3C[C@H]1CC(O)(C3)C2. The van der Waals surface area contributed by atoms with Gasteiger partial charge in [-0.15, -0.1) is 0 Å². The van der Waals surface area contributed by atoms with Crippen LogP contribution in [0.3, 0.4) is 0 Å². The zero-order valence-electron chi connectivity index (χ0n) is 21.6. The summed E-state index contributed by atoms with van der Waals surface area (Å²) >= 11 is 0. The summed E-state index contributed by atoms with van der Waals surface area (Å²) in [6, 6.07) is 5.99. The molecule has 0 amide bonds. The van der Waals surface area contributed by atoms with E-state index in [2.05, 4.69) is 10.3 Å². The molecule has 4 saturated carbocycles. The molecule has 3 unspecified atom stereocenters. The summed E-state index contributed by atoms with van der Waals surface area (Å²) < 4.78 is 18.2. The average Bonchev–Trinajstić information content (AvgIpc) is 3.28. The number of esters is 1. The second-order valence-corrected chi connectivity index (χ2v) is 10.9. The van der Waals surface area contributed by atoms with Gasteiger partial charge in [-0.05, 0) is 74.5 Å². The summed E-state index contributed by atoms with van der Waals surface area (Å²) in [5, 5.41) is 14.8. The number of fused-ring (bicyclic) bond motifs is 1. The number of pyridine rings is 1. The third kappa shape index (κ3) is 4.46. The van der Waals surface area contributed by atoms with Crippen molar-refractivity contribution in [2.75, 3.05) is 26.1 Å². The highest BCUT2D eigenvalue weighted by atomic mass is 16.5. The number of aromatic nitrogens is 3. The molecule has 0 radical (unpaired) electrons. The normalized spacial score (nSPS) is 27.2. The van der Waals surface area contributed by atoms with Crippen molar-refractivity contribution in [3.63, 3.8) is 0 Å². The Morgan fingerprint density at radius 1 is 1.13 bits per heavy atom. The smallest absolute Gasteiger partial charge is 0.341 e. The van der Waals surface area contributed by atoms with Gasteiger partial charge in [-0.1, -0.05) is 13.5 Å². The predicted octanol–water partition coefficient (Wildman–Crippen LogP) is 4.66. The first-order valence-corrected chi connectivity index (χ1v) is 13.1. The number of nitrogens with zero attached hydrogens (tertiary/aromatic N) is 3. The van der Waals surface area contributed by atoms with E-state index in [0.29, 0.717) is 58.2 Å². The van der Waals surface area contributed by atoms with Crippen molar-refractivity contribution in [2.45, 2.75) is 64.6 Å². The second kappa shape index (κ2) is 10.1. The van der Waals surface area contributed by atoms with E-state index in [9.17, 15) is 9.90 Å². The lowest BCUT2D eigenvalue weighted by Gasteiger charge is -2.58. The van der Waals surface area contributed by atoms with E-state index in [1.807, 2.05) is 22.8 Å². The number of imidazole rings is 1. The molecule has 4 aliphatic rings. The van der Waals surface area contributed by atoms with Gasteiger partial charge in [-0.25, -0.2) is 14.8 Å². The number of hydrogen-bond acceptors (Lipinski definition) is 8. The molecule has 3 aromatic rings. The first-order valence-electron chi connectivity index (χ1n) is 13.1. The maximum atomic E-state index is 12.9. The Balaban J connectivity index is 0.00000294. The van der Waals surface area contributed by atoms with Crippen LogP contribution in [0.4, 0.5) is 5.69 Å². The summed E-state index contributed by atoms with van der Waals surface area (Å²) in [7, 11) is 3.23. The van der Waals surface area contributed by atoms with E-state index in [4.69, 9.17) is 19.2 Å². The second-order valence-electron chi connectivity index (χ2n) is 10.9. The zero-order chi connectivity index (χ0) is 25.7. The van der Waals surface area contributed by atoms with Crippen molar-refractivity contribution in [3.05, 3.63) is 41.9 Å². The van der Waals surface area contributed by atoms with E-state index in [1.165, 1.54) is 0 Å². The molecule has 0 aliphatic heterocycles. The summed E-state index contributed by atoms with van der Waals surface area (Å²) in [6.45, 7) is 2.62. The van der Waals surface area contributed by atoms with Crippen LogP contribution in [0.2, 0.25) is 0 Å². The van der Waals surface area contributed by atoms with Gasteiger partial charge >= 0.3 is 5.97 Å². The van der Waals surface area contributed by atoms with E-state index < -0.39 is 11.6 Å². The molecule has 4 fully saturated rings. The van der Waals surface area contributed by atoms with Crippen LogP contribution in [-0.4, -0.2) is 58.1 Å². The van der Waals surface area contributed by atoms with Gasteiger partial charge in [0.15, 0.2) is 17.1 Å². The number of methoxy groups -OCH3 is 2. The van der Waals surface area contributed by atoms with Gasteiger partial charge in [0, 0.05) is 12.2 Å². The van der Waals surface area contributed by atoms with E-state index >= 15 is 0 Å². The van der Waals surface area contributed by atoms with Crippen molar-refractivity contribution in [1.29, 1.82) is 0 Å². The number of nitrogens with one attached hydrogen (secondary N) is 1. The molecule has 0 saturated heterocycles. The zero-order valence-corrected chi connectivity index (χ0v) is 21.6. The van der Waals surface area contributed by atoms with Crippen LogP contribution in [0, 0.1) is 17.8 Å². The number of anilines is 1. The maximum Gasteiger partial charge on any atom is 0.341 e. The molecule has 2 heterocycles. The topological polar surface area (TPSA) is 108 Å². The van der Waals surface area contributed by atoms with Crippen molar-refractivity contribution in [1.82, 2.24) is 14.5 Å². The van der Waals surface area contributed by atoms with E-state index in [0.717, 1.165) is 37.7 Å². The Kier molecular flexibility index (Phi) is 6.98. The molecule has 0 spiro atoms. The Hall–Kier alpha value is -3.33. The molecule has 7 rings (SSSR count). The molecule has 1 aromatic carbocycles. The summed E-state index contributed by atoms with van der Waals surface area (Å²) in [4.78, 5) is 22.3. The van der Waals surface area contributed by atoms with Crippen LogP contribution in [0.15, 0.2) is 30.7 Å². The van der Waals surface area contributed by atoms with Crippen molar-refractivity contribution in [2.24, 2.45) is 17.8 Å². The number of rotatable bonds is 8. The Labute approximate surface area is 223 Å². The van der Waals surface area contributed by atoms with Crippen LogP contribution in [-0.2, 0) is 11.3 Å². The highest BCUT2D eigenvalue weighted by molar-refractivity contribution is 6.03. The lowest BCUT2D eigenvalue weighted by molar-refractivity contribution is -0.129. The van der Waals surface area contributed by atoms with E-state index in [1.54, 1.807) is 33.7 Å². The monoisotopic (exact) mass is 522 g/mol. The molecular formula is C29H38N4O5. The number of benzene rings is 1. The maximum absolute atomic E-state index is 12.9. The minimum atomic E-state index is -0.521. The molecule has 204 valence electrons. The highest BCUT2D eigenvalue weighted by Gasteiger charge is 2.55. The van der Waals surface area contributed by atoms with Crippen LogP contribution in [0.25, 0.3) is 11.2 Å². The molecule has 2 aromatic heterocycles. The number of hydrogen-bond donors (Lipinski definition) is 2. The predicted molar refractivity (Wildman–Crippen MR) is 145 cm³/mol. The largest absolute Gasteiger partial charge is 0.493 e. The summed E-state index contributed by atoms with van der Waals surface area (Å²) in [6.07, 6.45) is 8.15. The van der Waals surface area contributed by atoms with Crippen molar-refractivity contribution >= 4 is 22.8 Å². The third-order valence-electron chi connectivity index (χ3n) is 8.48. The molecule has 5 atom stereocenters. The summed E-state index contributed by atoms with van der Waals surface area (Å²) in [5.41, 5.74) is 2.91. The van der Waals surface area contributed by atoms with Crippen LogP contribution in [0.1, 0.15) is 62.4 Å². The van der Waals surface area contributed by atoms with Gasteiger partial charge < -0.3 is 29.2 Å². The lowest BCUT2D eigenvalue weighted by Crippen LogP contribution is -2.59. The number of aliphatic hydroxyl groups is 1. The lowest BCUT2D eigenvalue weighted by atomic mass is 9.52. The fourth-order valence-electron chi connectivity index (χ4n) is 7.19. The van der Waals surface area contributed by atoms with Crippen LogP contribution < -0.4 is 14.8 Å². The molecule has 4 bridgehead atoms. The standard InChI is InChI=1S/C28H34N4O5.CH4/c1-4-37-27(33)20-13-29-26-25(30-15-32(26)14-16-5-6-21(35-2)22(9-16)36-3)24(20)31-23-18-7-17-8-19(23)12-28(34,10-17)11-18;/h5-6,9,13,15,17-19,23,34H,4,7-8,10-12,14H2,1-3H3,(H,29,31);1H4/t17?,18-,19+,23?,28?;. The molecule has 9 nitrogen and oxygen atoms in total. The quantitative estimate of drug-likeness (QED) is 0.411. The van der Waals surface area contributed by atoms with Gasteiger partial charge in [-0.3, -0.25) is 0 Å². The number of carbonyl (C=O) groups is 1. The molecule has 38 heavy (non-hydrogen) atoms. The Morgan fingerprint density at radius 3 is 2.53 bits per heavy atom. The first kappa shape index (κ1) is 26.3. The van der Waals surface area contributed by atoms with Gasteiger partial charge in [0.25, 0.3) is 0 Å². The minimum absolute atomic E-state index is 0. The molecule has 2 N–H and O–H groups in total. The summed E-state index contributed by atoms with van der Waals surface area (Å²) in [5.74, 6) is 2.28. The molecular weight excluding hydrogens is 484 g/mol. The third-order valence-corrected chi connectivity index (χ3v) is 8.48. The Bertz CT molecular complexity index is 1320.